The first-order valence-electron chi connectivity index (χ1n) is 6.80. The third kappa shape index (κ3) is 2.76. The van der Waals surface area contributed by atoms with Crippen LogP contribution in [0.5, 0.6) is 0 Å². The van der Waals surface area contributed by atoms with E-state index in [4.69, 9.17) is 0 Å². The van der Waals surface area contributed by atoms with Crippen molar-refractivity contribution in [2.75, 3.05) is 6.54 Å². The summed E-state index contributed by atoms with van der Waals surface area (Å²) in [5, 5.41) is 14.9. The van der Waals surface area contributed by atoms with E-state index in [1.807, 2.05) is 0 Å². The van der Waals surface area contributed by atoms with Crippen molar-refractivity contribution in [3.05, 3.63) is 0 Å². The maximum atomic E-state index is 11.7. The lowest BCUT2D eigenvalue weighted by Crippen LogP contribution is -2.50. The van der Waals surface area contributed by atoms with Gasteiger partial charge in [-0.1, -0.05) is 19.8 Å². The molecule has 5 nitrogen and oxygen atoms in total. The number of amides is 2. The molecule has 18 heavy (non-hydrogen) atoms. The van der Waals surface area contributed by atoms with E-state index >= 15 is 0 Å². The predicted octanol–water partition coefficient (Wildman–Crippen LogP) is 1.73. The van der Waals surface area contributed by atoms with Crippen molar-refractivity contribution in [1.82, 2.24) is 10.6 Å². The van der Waals surface area contributed by atoms with E-state index in [2.05, 4.69) is 17.6 Å². The van der Waals surface area contributed by atoms with E-state index < -0.39 is 11.4 Å². The molecule has 2 aliphatic rings. The molecule has 0 heterocycles. The molecule has 0 radical (unpaired) electrons. The summed E-state index contributed by atoms with van der Waals surface area (Å²) in [6.45, 7) is 2.41. The molecule has 0 atom stereocenters. The normalized spacial score (nSPS) is 29.4. The highest BCUT2D eigenvalue weighted by Gasteiger charge is 2.41. The fourth-order valence-electron chi connectivity index (χ4n) is 3.02. The van der Waals surface area contributed by atoms with Crippen molar-refractivity contribution in [3.63, 3.8) is 0 Å². The third-order valence-electron chi connectivity index (χ3n) is 4.31. The molecule has 0 aromatic heterocycles. The number of carbonyl (C=O) groups is 2. The molecule has 0 aromatic rings. The van der Waals surface area contributed by atoms with Crippen LogP contribution in [0.4, 0.5) is 4.79 Å². The Morgan fingerprint density at radius 1 is 1.28 bits per heavy atom. The Balaban J connectivity index is 1.75. The largest absolute Gasteiger partial charge is 0.481 e. The van der Waals surface area contributed by atoms with Crippen LogP contribution in [0.15, 0.2) is 0 Å². The summed E-state index contributed by atoms with van der Waals surface area (Å²) in [5.74, 6) is -0.0898. The number of hydrogen-bond acceptors (Lipinski definition) is 2. The molecule has 0 spiro atoms. The molecule has 2 saturated carbocycles. The highest BCUT2D eigenvalue weighted by Crippen LogP contribution is 2.37. The van der Waals surface area contributed by atoms with Gasteiger partial charge in [0, 0.05) is 12.6 Å². The Hall–Kier alpha value is -1.26. The van der Waals surface area contributed by atoms with Crippen LogP contribution in [0, 0.1) is 11.3 Å². The van der Waals surface area contributed by atoms with E-state index in [1.54, 1.807) is 0 Å². The topological polar surface area (TPSA) is 78.4 Å². The number of carbonyl (C=O) groups excluding carboxylic acids is 1. The van der Waals surface area contributed by atoms with Gasteiger partial charge >= 0.3 is 12.0 Å². The molecule has 5 heteroatoms. The number of carboxylic acids is 1. The average Bonchev–Trinajstić information content (AvgIpc) is 2.74. The minimum Gasteiger partial charge on any atom is -0.481 e. The number of hydrogen-bond donors (Lipinski definition) is 3. The predicted molar refractivity (Wildman–Crippen MR) is 67.3 cm³/mol. The van der Waals surface area contributed by atoms with Crippen molar-refractivity contribution in [1.29, 1.82) is 0 Å². The Labute approximate surface area is 107 Å². The molecular formula is C13H22N2O3. The maximum Gasteiger partial charge on any atom is 0.315 e. The van der Waals surface area contributed by atoms with E-state index in [0.717, 1.165) is 25.7 Å². The zero-order valence-corrected chi connectivity index (χ0v) is 10.9. The molecular weight excluding hydrogens is 232 g/mol. The first kappa shape index (κ1) is 13.2. The van der Waals surface area contributed by atoms with Gasteiger partial charge in [0.2, 0.25) is 0 Å². The van der Waals surface area contributed by atoms with Gasteiger partial charge in [-0.3, -0.25) is 4.79 Å². The van der Waals surface area contributed by atoms with Gasteiger partial charge in [-0.2, -0.15) is 0 Å². The van der Waals surface area contributed by atoms with E-state index in [-0.39, 0.29) is 18.6 Å². The van der Waals surface area contributed by atoms with Crippen LogP contribution < -0.4 is 10.6 Å². The lowest BCUT2D eigenvalue weighted by atomic mass is 9.82. The zero-order chi connectivity index (χ0) is 13.2. The molecule has 0 saturated heterocycles. The Morgan fingerprint density at radius 3 is 2.39 bits per heavy atom. The Kier molecular flexibility index (Phi) is 3.78. The molecule has 0 unspecified atom stereocenters. The summed E-state index contributed by atoms with van der Waals surface area (Å²) in [7, 11) is 0. The highest BCUT2D eigenvalue weighted by molar-refractivity contribution is 5.78. The maximum absolute atomic E-state index is 11.7. The summed E-state index contributed by atoms with van der Waals surface area (Å²) >= 11 is 0. The average molecular weight is 254 g/mol. The quantitative estimate of drug-likeness (QED) is 0.715. The van der Waals surface area contributed by atoms with Crippen LogP contribution >= 0.6 is 0 Å². The van der Waals surface area contributed by atoms with Gasteiger partial charge in [-0.05, 0) is 31.6 Å². The van der Waals surface area contributed by atoms with Crippen LogP contribution in [-0.4, -0.2) is 29.7 Å². The molecule has 2 aliphatic carbocycles. The molecule has 0 aliphatic heterocycles. The number of rotatable bonds is 4. The minimum atomic E-state index is -0.780. The van der Waals surface area contributed by atoms with Gasteiger partial charge in [-0.15, -0.1) is 0 Å². The molecule has 2 fully saturated rings. The standard InChI is InChI=1S/C13H22N2O3/c1-9-6-10(7-9)15-12(18)14-8-13(11(16)17)4-2-3-5-13/h9-10H,2-8H2,1H3,(H,16,17)(H2,14,15,18). The van der Waals surface area contributed by atoms with Crippen LogP contribution in [0.25, 0.3) is 0 Å². The Morgan fingerprint density at radius 2 is 1.89 bits per heavy atom. The van der Waals surface area contributed by atoms with Gasteiger partial charge in [0.15, 0.2) is 0 Å². The highest BCUT2D eigenvalue weighted by atomic mass is 16.4. The molecule has 3 N–H and O–H groups in total. The lowest BCUT2D eigenvalue weighted by Gasteiger charge is -2.33. The van der Waals surface area contributed by atoms with Crippen molar-refractivity contribution >= 4 is 12.0 Å². The SMILES string of the molecule is CC1CC(NC(=O)NCC2(C(=O)O)CCCC2)C1. The van der Waals surface area contributed by atoms with E-state index in [9.17, 15) is 14.7 Å². The van der Waals surface area contributed by atoms with E-state index in [0.29, 0.717) is 18.8 Å². The van der Waals surface area contributed by atoms with Crippen LogP contribution in [-0.2, 0) is 4.79 Å². The zero-order valence-electron chi connectivity index (χ0n) is 10.9. The molecule has 102 valence electrons. The first-order chi connectivity index (χ1) is 8.52. The summed E-state index contributed by atoms with van der Waals surface area (Å²) in [5.41, 5.74) is -0.732. The summed E-state index contributed by atoms with van der Waals surface area (Å²) < 4.78 is 0. The van der Waals surface area contributed by atoms with Crippen LogP contribution in [0.2, 0.25) is 0 Å². The molecule has 0 bridgehead atoms. The fourth-order valence-corrected chi connectivity index (χ4v) is 3.02. The molecule has 2 rings (SSSR count). The summed E-state index contributed by atoms with van der Waals surface area (Å²) in [4.78, 5) is 23.0. The molecule has 0 aromatic carbocycles. The van der Waals surface area contributed by atoms with Crippen molar-refractivity contribution < 1.29 is 14.7 Å². The number of urea groups is 1. The number of nitrogens with one attached hydrogen (secondary N) is 2. The van der Waals surface area contributed by atoms with Gasteiger partial charge in [0.25, 0.3) is 0 Å². The lowest BCUT2D eigenvalue weighted by molar-refractivity contribution is -0.148. The van der Waals surface area contributed by atoms with Crippen LogP contribution in [0.3, 0.4) is 0 Å². The smallest absolute Gasteiger partial charge is 0.315 e. The van der Waals surface area contributed by atoms with Gasteiger partial charge < -0.3 is 15.7 Å². The molecule has 2 amide bonds. The van der Waals surface area contributed by atoms with E-state index in [1.165, 1.54) is 0 Å². The van der Waals surface area contributed by atoms with Crippen molar-refractivity contribution in [2.45, 2.75) is 51.5 Å². The van der Waals surface area contributed by atoms with Gasteiger partial charge in [0.05, 0.1) is 5.41 Å². The third-order valence-corrected chi connectivity index (χ3v) is 4.31. The number of aliphatic carboxylic acids is 1. The van der Waals surface area contributed by atoms with Gasteiger partial charge in [-0.25, -0.2) is 4.79 Å². The summed E-state index contributed by atoms with van der Waals surface area (Å²) in [6.07, 6.45) is 5.27. The van der Waals surface area contributed by atoms with Crippen molar-refractivity contribution in [3.8, 4) is 0 Å². The number of carboxylic acid groups (broad SMARTS) is 1. The second-order valence-corrected chi connectivity index (χ2v) is 5.89. The minimum absolute atomic E-state index is 0.223. The van der Waals surface area contributed by atoms with Crippen LogP contribution in [0.1, 0.15) is 45.4 Å². The fraction of sp³-hybridized carbons (Fsp3) is 0.846. The second kappa shape index (κ2) is 5.16. The van der Waals surface area contributed by atoms with Gasteiger partial charge in [0.1, 0.15) is 0 Å². The second-order valence-electron chi connectivity index (χ2n) is 5.89. The monoisotopic (exact) mass is 254 g/mol. The first-order valence-corrected chi connectivity index (χ1v) is 6.80. The van der Waals surface area contributed by atoms with Crippen molar-refractivity contribution in [2.24, 2.45) is 11.3 Å². The Bertz CT molecular complexity index is 331. The summed E-state index contributed by atoms with van der Waals surface area (Å²) in [6, 6.07) is 0.0452.